The Balaban J connectivity index is 1.55. The quantitative estimate of drug-likeness (QED) is 0.701. The van der Waals surface area contributed by atoms with E-state index in [1.165, 1.54) is 6.20 Å². The van der Waals surface area contributed by atoms with Gasteiger partial charge < -0.3 is 9.42 Å². The fourth-order valence-electron chi connectivity index (χ4n) is 3.13. The van der Waals surface area contributed by atoms with Crippen LogP contribution in [0.4, 0.5) is 5.82 Å². The first-order valence-electron chi connectivity index (χ1n) is 8.30. The Morgan fingerprint density at radius 1 is 1.19 bits per heavy atom. The highest BCUT2D eigenvalue weighted by Crippen LogP contribution is 2.30. The number of rotatable bonds is 3. The van der Waals surface area contributed by atoms with E-state index >= 15 is 0 Å². The van der Waals surface area contributed by atoms with E-state index in [1.54, 1.807) is 18.3 Å². The summed E-state index contributed by atoms with van der Waals surface area (Å²) in [7, 11) is 0. The van der Waals surface area contributed by atoms with Crippen molar-refractivity contribution in [3.8, 4) is 17.5 Å². The molecule has 7 nitrogen and oxygen atoms in total. The van der Waals surface area contributed by atoms with Crippen LogP contribution in [0.1, 0.15) is 30.3 Å². The molecular formula is C18H15ClN6O. The van der Waals surface area contributed by atoms with Crippen LogP contribution < -0.4 is 4.90 Å². The fourth-order valence-corrected chi connectivity index (χ4v) is 3.26. The molecule has 1 unspecified atom stereocenters. The fraction of sp³-hybridized carbons (Fsp3) is 0.278. The second-order valence-electron chi connectivity index (χ2n) is 6.09. The highest BCUT2D eigenvalue weighted by molar-refractivity contribution is 6.30. The number of nitrogens with zero attached hydrogens (tertiary/aromatic N) is 6. The summed E-state index contributed by atoms with van der Waals surface area (Å²) in [6.07, 6.45) is 5.02. The van der Waals surface area contributed by atoms with E-state index in [-0.39, 0.29) is 5.92 Å². The van der Waals surface area contributed by atoms with Crippen molar-refractivity contribution in [1.29, 1.82) is 5.26 Å². The number of hydrogen-bond donors (Lipinski definition) is 0. The molecule has 0 radical (unpaired) electrons. The van der Waals surface area contributed by atoms with Crippen molar-refractivity contribution in [3.05, 3.63) is 53.3 Å². The summed E-state index contributed by atoms with van der Waals surface area (Å²) in [5.74, 6) is 1.84. The van der Waals surface area contributed by atoms with Gasteiger partial charge in [-0.2, -0.15) is 10.2 Å². The van der Waals surface area contributed by atoms with Gasteiger partial charge in [-0.05, 0) is 37.1 Å². The van der Waals surface area contributed by atoms with Crippen LogP contribution in [-0.2, 0) is 0 Å². The molecular weight excluding hydrogens is 352 g/mol. The number of nitriles is 1. The topological polar surface area (TPSA) is 91.7 Å². The van der Waals surface area contributed by atoms with Gasteiger partial charge in [-0.25, -0.2) is 9.97 Å². The van der Waals surface area contributed by atoms with Crippen molar-refractivity contribution < 1.29 is 4.52 Å². The van der Waals surface area contributed by atoms with Crippen molar-refractivity contribution in [2.45, 2.75) is 18.8 Å². The predicted octanol–water partition coefficient (Wildman–Crippen LogP) is 3.44. The van der Waals surface area contributed by atoms with Crippen LogP contribution in [-0.4, -0.2) is 33.2 Å². The van der Waals surface area contributed by atoms with Gasteiger partial charge in [0.05, 0.1) is 5.92 Å². The standard InChI is InChI=1S/C18H15ClN6O/c19-14-5-3-12(4-6-14)16-23-18(26-24-16)13-2-1-9-25(11-13)17-15(10-20)21-7-8-22-17/h3-8,13H,1-2,9,11H2. The molecule has 0 amide bonds. The minimum atomic E-state index is 0.0887. The van der Waals surface area contributed by atoms with Crippen molar-refractivity contribution in [2.24, 2.45) is 0 Å². The summed E-state index contributed by atoms with van der Waals surface area (Å²) in [4.78, 5) is 15.0. The zero-order valence-electron chi connectivity index (χ0n) is 13.8. The lowest BCUT2D eigenvalue weighted by Gasteiger charge is -2.31. The van der Waals surface area contributed by atoms with Crippen LogP contribution in [0.2, 0.25) is 5.02 Å². The Bertz CT molecular complexity index is 949. The molecule has 3 heterocycles. The van der Waals surface area contributed by atoms with Crippen LogP contribution in [0.15, 0.2) is 41.2 Å². The third-order valence-corrected chi connectivity index (χ3v) is 4.65. The number of hydrogen-bond acceptors (Lipinski definition) is 7. The summed E-state index contributed by atoms with van der Waals surface area (Å²) in [6.45, 7) is 1.48. The van der Waals surface area contributed by atoms with E-state index in [2.05, 4.69) is 31.1 Å². The number of aromatic nitrogens is 4. The Morgan fingerprint density at radius 3 is 2.81 bits per heavy atom. The smallest absolute Gasteiger partial charge is 0.231 e. The molecule has 0 saturated carbocycles. The summed E-state index contributed by atoms with van der Waals surface area (Å²) < 4.78 is 5.51. The van der Waals surface area contributed by atoms with Gasteiger partial charge in [-0.1, -0.05) is 16.8 Å². The van der Waals surface area contributed by atoms with E-state index in [9.17, 15) is 5.26 Å². The predicted molar refractivity (Wildman–Crippen MR) is 95.7 cm³/mol. The normalized spacial score (nSPS) is 17.1. The molecule has 0 bridgehead atoms. The average Bonchev–Trinajstić information content (AvgIpc) is 3.19. The molecule has 1 atom stereocenters. The minimum absolute atomic E-state index is 0.0887. The Kier molecular flexibility index (Phi) is 4.50. The van der Waals surface area contributed by atoms with Crippen LogP contribution in [0, 0.1) is 11.3 Å². The van der Waals surface area contributed by atoms with Gasteiger partial charge >= 0.3 is 0 Å². The number of benzene rings is 1. The monoisotopic (exact) mass is 366 g/mol. The Labute approximate surface area is 155 Å². The molecule has 0 spiro atoms. The van der Waals surface area contributed by atoms with Gasteiger partial charge in [0.2, 0.25) is 11.7 Å². The van der Waals surface area contributed by atoms with Crippen molar-refractivity contribution in [1.82, 2.24) is 20.1 Å². The summed E-state index contributed by atoms with van der Waals surface area (Å²) in [5.41, 5.74) is 1.19. The molecule has 0 aliphatic carbocycles. The molecule has 2 aromatic heterocycles. The Morgan fingerprint density at radius 2 is 2.00 bits per heavy atom. The molecule has 3 aromatic rings. The molecule has 1 saturated heterocycles. The molecule has 8 heteroatoms. The maximum Gasteiger partial charge on any atom is 0.231 e. The van der Waals surface area contributed by atoms with E-state index in [0.717, 1.165) is 24.9 Å². The van der Waals surface area contributed by atoms with E-state index in [4.69, 9.17) is 16.1 Å². The molecule has 130 valence electrons. The largest absolute Gasteiger partial charge is 0.353 e. The maximum atomic E-state index is 9.25. The van der Waals surface area contributed by atoms with Gasteiger partial charge in [0, 0.05) is 36.1 Å². The summed E-state index contributed by atoms with van der Waals surface area (Å²) in [5, 5.41) is 14.0. The molecule has 1 fully saturated rings. The first kappa shape index (κ1) is 16.5. The highest BCUT2D eigenvalue weighted by Gasteiger charge is 2.28. The Hall–Kier alpha value is -2.98. The average molecular weight is 367 g/mol. The second kappa shape index (κ2) is 7.10. The molecule has 0 N–H and O–H groups in total. The lowest BCUT2D eigenvalue weighted by atomic mass is 9.98. The molecule has 1 aliphatic rings. The SMILES string of the molecule is N#Cc1nccnc1N1CCCC(c2nc(-c3ccc(Cl)cc3)no2)C1. The number of anilines is 1. The lowest BCUT2D eigenvalue weighted by molar-refractivity contribution is 0.333. The highest BCUT2D eigenvalue weighted by atomic mass is 35.5. The van der Waals surface area contributed by atoms with Crippen molar-refractivity contribution in [2.75, 3.05) is 18.0 Å². The lowest BCUT2D eigenvalue weighted by Crippen LogP contribution is -2.35. The number of halogens is 1. The van der Waals surface area contributed by atoms with E-state index < -0.39 is 0 Å². The third-order valence-electron chi connectivity index (χ3n) is 4.40. The molecule has 1 aliphatic heterocycles. The second-order valence-corrected chi connectivity index (χ2v) is 6.53. The van der Waals surface area contributed by atoms with Crippen LogP contribution in [0.5, 0.6) is 0 Å². The van der Waals surface area contributed by atoms with Crippen LogP contribution in [0.3, 0.4) is 0 Å². The zero-order valence-corrected chi connectivity index (χ0v) is 14.6. The first-order valence-corrected chi connectivity index (χ1v) is 8.68. The van der Waals surface area contributed by atoms with Crippen molar-refractivity contribution in [3.63, 3.8) is 0 Å². The van der Waals surface area contributed by atoms with E-state index in [0.29, 0.717) is 34.8 Å². The first-order chi connectivity index (χ1) is 12.7. The molecule has 4 rings (SSSR count). The third kappa shape index (κ3) is 3.24. The van der Waals surface area contributed by atoms with Crippen molar-refractivity contribution >= 4 is 17.4 Å². The van der Waals surface area contributed by atoms with Crippen LogP contribution in [0.25, 0.3) is 11.4 Å². The molecule has 1 aromatic carbocycles. The van der Waals surface area contributed by atoms with Gasteiger partial charge in [0.1, 0.15) is 6.07 Å². The van der Waals surface area contributed by atoms with Gasteiger partial charge in [0.25, 0.3) is 0 Å². The minimum Gasteiger partial charge on any atom is -0.353 e. The van der Waals surface area contributed by atoms with Gasteiger partial charge in [-0.15, -0.1) is 0 Å². The van der Waals surface area contributed by atoms with E-state index in [1.807, 2.05) is 12.1 Å². The molecule has 26 heavy (non-hydrogen) atoms. The van der Waals surface area contributed by atoms with Crippen LogP contribution >= 0.6 is 11.6 Å². The zero-order chi connectivity index (χ0) is 17.9. The summed E-state index contributed by atoms with van der Waals surface area (Å²) >= 11 is 5.92. The van der Waals surface area contributed by atoms with Gasteiger partial charge in [-0.3, -0.25) is 0 Å². The van der Waals surface area contributed by atoms with Gasteiger partial charge in [0.15, 0.2) is 11.5 Å². The number of piperidine rings is 1. The summed E-state index contributed by atoms with van der Waals surface area (Å²) in [6, 6.07) is 9.42. The maximum absolute atomic E-state index is 9.25.